The number of carbonyl (C=O) groups is 1. The summed E-state index contributed by atoms with van der Waals surface area (Å²) in [5.74, 6) is 0.0984. The average molecular weight is 184 g/mol. The van der Waals surface area contributed by atoms with Crippen LogP contribution < -0.4 is 0 Å². The molecule has 0 aliphatic carbocycles. The van der Waals surface area contributed by atoms with E-state index in [1.165, 1.54) is 13.8 Å². The van der Waals surface area contributed by atoms with E-state index in [-0.39, 0.29) is 11.7 Å². The lowest BCUT2D eigenvalue weighted by Crippen LogP contribution is -2.32. The third kappa shape index (κ3) is 4.23. The van der Waals surface area contributed by atoms with Crippen molar-refractivity contribution < 1.29 is 9.90 Å². The van der Waals surface area contributed by atoms with E-state index < -0.39 is 5.60 Å². The number of ketones is 1. The Labute approximate surface area is 80.7 Å². The van der Waals surface area contributed by atoms with E-state index >= 15 is 0 Å². The van der Waals surface area contributed by atoms with Gasteiger partial charge in [-0.15, -0.1) is 0 Å². The van der Waals surface area contributed by atoms with E-state index in [9.17, 15) is 9.90 Å². The molecule has 0 unspecified atom stereocenters. The van der Waals surface area contributed by atoms with E-state index in [2.05, 4.69) is 6.58 Å². The number of hydrogen-bond acceptors (Lipinski definition) is 2. The molecule has 13 heavy (non-hydrogen) atoms. The SMILES string of the molecule is C=C(C)[C@H](CC)CC(=O)C(C)(C)O. The minimum atomic E-state index is -1.21. The van der Waals surface area contributed by atoms with Crippen LogP contribution in [0.15, 0.2) is 12.2 Å². The van der Waals surface area contributed by atoms with Crippen LogP contribution in [0, 0.1) is 5.92 Å². The van der Waals surface area contributed by atoms with Crippen molar-refractivity contribution in [2.45, 2.75) is 46.1 Å². The van der Waals surface area contributed by atoms with Gasteiger partial charge in [-0.3, -0.25) is 4.79 Å². The summed E-state index contributed by atoms with van der Waals surface area (Å²) in [6.07, 6.45) is 1.30. The second-order valence-corrected chi connectivity index (χ2v) is 4.14. The number of hydrogen-bond donors (Lipinski definition) is 1. The highest BCUT2D eigenvalue weighted by Gasteiger charge is 2.25. The highest BCUT2D eigenvalue weighted by molar-refractivity contribution is 5.86. The summed E-state index contributed by atoms with van der Waals surface area (Å²) >= 11 is 0. The molecule has 1 N–H and O–H groups in total. The molecule has 0 saturated heterocycles. The molecule has 76 valence electrons. The number of Topliss-reactive ketones (excluding diaryl/α,β-unsaturated/α-hetero) is 1. The first-order valence-corrected chi connectivity index (χ1v) is 4.70. The normalized spacial score (nSPS) is 13.9. The highest BCUT2D eigenvalue weighted by atomic mass is 16.3. The molecular formula is C11H20O2. The second-order valence-electron chi connectivity index (χ2n) is 4.14. The predicted octanol–water partition coefficient (Wildman–Crippen LogP) is 2.32. The van der Waals surface area contributed by atoms with Gasteiger partial charge in [0.1, 0.15) is 5.60 Å². The molecule has 0 aliphatic heterocycles. The topological polar surface area (TPSA) is 37.3 Å². The Hall–Kier alpha value is -0.630. The molecule has 0 radical (unpaired) electrons. The Morgan fingerprint density at radius 3 is 2.23 bits per heavy atom. The Balaban J connectivity index is 4.26. The molecule has 0 fully saturated rings. The molecule has 2 heteroatoms. The van der Waals surface area contributed by atoms with Crippen LogP contribution in [0.4, 0.5) is 0 Å². The highest BCUT2D eigenvalue weighted by Crippen LogP contribution is 2.20. The smallest absolute Gasteiger partial charge is 0.164 e. The van der Waals surface area contributed by atoms with E-state index in [1.54, 1.807) is 0 Å². The van der Waals surface area contributed by atoms with Crippen LogP contribution in [0.3, 0.4) is 0 Å². The molecule has 0 aliphatic rings. The van der Waals surface area contributed by atoms with Crippen molar-refractivity contribution >= 4 is 5.78 Å². The molecule has 0 aromatic carbocycles. The first kappa shape index (κ1) is 12.4. The van der Waals surface area contributed by atoms with E-state index in [1.807, 2.05) is 13.8 Å². The third-order valence-corrected chi connectivity index (χ3v) is 2.30. The molecule has 0 heterocycles. The molecule has 0 spiro atoms. The van der Waals surface area contributed by atoms with Crippen LogP contribution >= 0.6 is 0 Å². The Bertz CT molecular complexity index is 199. The average Bonchev–Trinajstić information content (AvgIpc) is 1.96. The lowest BCUT2D eigenvalue weighted by molar-refractivity contribution is -0.134. The van der Waals surface area contributed by atoms with Gasteiger partial charge in [0.15, 0.2) is 5.78 Å². The van der Waals surface area contributed by atoms with Gasteiger partial charge >= 0.3 is 0 Å². The Morgan fingerprint density at radius 2 is 2.00 bits per heavy atom. The van der Waals surface area contributed by atoms with Gasteiger partial charge in [0, 0.05) is 6.42 Å². The molecule has 0 amide bonds. The number of carbonyl (C=O) groups excluding carboxylic acids is 1. The summed E-state index contributed by atoms with van der Waals surface area (Å²) in [4.78, 5) is 11.4. The summed E-state index contributed by atoms with van der Waals surface area (Å²) in [5, 5.41) is 9.43. The minimum absolute atomic E-state index is 0.109. The molecule has 0 saturated carbocycles. The van der Waals surface area contributed by atoms with E-state index in [0.717, 1.165) is 12.0 Å². The maximum absolute atomic E-state index is 11.4. The van der Waals surface area contributed by atoms with Gasteiger partial charge in [-0.25, -0.2) is 0 Å². The second kappa shape index (κ2) is 4.56. The van der Waals surface area contributed by atoms with Gasteiger partial charge in [0.2, 0.25) is 0 Å². The van der Waals surface area contributed by atoms with Crippen molar-refractivity contribution in [3.63, 3.8) is 0 Å². The van der Waals surface area contributed by atoms with Crippen LogP contribution in [-0.2, 0) is 4.79 Å². The maximum atomic E-state index is 11.4. The molecule has 1 atom stereocenters. The van der Waals surface area contributed by atoms with E-state index in [0.29, 0.717) is 6.42 Å². The molecule has 0 aromatic rings. The number of allylic oxidation sites excluding steroid dienone is 1. The van der Waals surface area contributed by atoms with Gasteiger partial charge in [-0.05, 0) is 33.1 Å². The van der Waals surface area contributed by atoms with Crippen LogP contribution in [0.2, 0.25) is 0 Å². The zero-order valence-electron chi connectivity index (χ0n) is 9.05. The number of rotatable bonds is 5. The fourth-order valence-electron chi connectivity index (χ4n) is 1.14. The van der Waals surface area contributed by atoms with Crippen LogP contribution in [-0.4, -0.2) is 16.5 Å². The van der Waals surface area contributed by atoms with Crippen molar-refractivity contribution in [2.24, 2.45) is 5.92 Å². The first-order chi connectivity index (χ1) is 5.79. The maximum Gasteiger partial charge on any atom is 0.164 e. The zero-order valence-corrected chi connectivity index (χ0v) is 9.05. The lowest BCUT2D eigenvalue weighted by atomic mass is 9.88. The van der Waals surface area contributed by atoms with E-state index in [4.69, 9.17) is 0 Å². The fourth-order valence-corrected chi connectivity index (χ4v) is 1.14. The largest absolute Gasteiger partial charge is 0.383 e. The molecule has 0 aromatic heterocycles. The molecule has 0 bridgehead atoms. The summed E-state index contributed by atoms with van der Waals surface area (Å²) in [5.41, 5.74) is -0.192. The first-order valence-electron chi connectivity index (χ1n) is 4.70. The Kier molecular flexibility index (Phi) is 4.34. The van der Waals surface area contributed by atoms with Gasteiger partial charge < -0.3 is 5.11 Å². The van der Waals surface area contributed by atoms with Crippen molar-refractivity contribution in [3.05, 3.63) is 12.2 Å². The quantitative estimate of drug-likeness (QED) is 0.666. The van der Waals surface area contributed by atoms with Crippen LogP contribution in [0.25, 0.3) is 0 Å². The van der Waals surface area contributed by atoms with Gasteiger partial charge in [-0.1, -0.05) is 19.1 Å². The van der Waals surface area contributed by atoms with Crippen LogP contribution in [0.1, 0.15) is 40.5 Å². The van der Waals surface area contributed by atoms with Crippen molar-refractivity contribution in [2.75, 3.05) is 0 Å². The predicted molar refractivity (Wildman–Crippen MR) is 54.5 cm³/mol. The zero-order chi connectivity index (χ0) is 10.6. The lowest BCUT2D eigenvalue weighted by Gasteiger charge is -2.20. The summed E-state index contributed by atoms with van der Waals surface area (Å²) < 4.78 is 0. The number of aliphatic hydroxyl groups is 1. The van der Waals surface area contributed by atoms with Gasteiger partial charge in [0.05, 0.1) is 0 Å². The van der Waals surface area contributed by atoms with Crippen LogP contribution in [0.5, 0.6) is 0 Å². The summed E-state index contributed by atoms with van der Waals surface area (Å²) in [7, 11) is 0. The molecule has 2 nitrogen and oxygen atoms in total. The van der Waals surface area contributed by atoms with Crippen molar-refractivity contribution in [1.29, 1.82) is 0 Å². The molecular weight excluding hydrogens is 164 g/mol. The Morgan fingerprint density at radius 1 is 1.54 bits per heavy atom. The minimum Gasteiger partial charge on any atom is -0.383 e. The third-order valence-electron chi connectivity index (χ3n) is 2.30. The summed E-state index contributed by atoms with van der Waals surface area (Å²) in [6, 6.07) is 0. The standard InChI is InChI=1S/C11H20O2/c1-6-9(8(2)3)7-10(12)11(4,5)13/h9,13H,2,6-7H2,1,3-5H3/t9-/m1/s1. The van der Waals surface area contributed by atoms with Crippen molar-refractivity contribution in [3.8, 4) is 0 Å². The monoisotopic (exact) mass is 184 g/mol. The fraction of sp³-hybridized carbons (Fsp3) is 0.727. The van der Waals surface area contributed by atoms with Gasteiger partial charge in [0.25, 0.3) is 0 Å². The summed E-state index contributed by atoms with van der Waals surface area (Å²) in [6.45, 7) is 10.8. The molecule has 0 rings (SSSR count). The van der Waals surface area contributed by atoms with Gasteiger partial charge in [-0.2, -0.15) is 0 Å². The van der Waals surface area contributed by atoms with Crippen molar-refractivity contribution in [1.82, 2.24) is 0 Å².